The molecule has 1 atom stereocenters. The first-order valence-electron chi connectivity index (χ1n) is 5.28. The first-order chi connectivity index (χ1) is 8.04. The van der Waals surface area contributed by atoms with Gasteiger partial charge < -0.3 is 10.2 Å². The summed E-state index contributed by atoms with van der Waals surface area (Å²) in [6.45, 7) is 2.08. The number of carbonyl (C=O) groups is 1. The van der Waals surface area contributed by atoms with Gasteiger partial charge in [0.05, 0.1) is 5.56 Å². The number of hydrogen-bond acceptors (Lipinski definition) is 3. The summed E-state index contributed by atoms with van der Waals surface area (Å²) in [5.74, 6) is -1.14. The quantitative estimate of drug-likeness (QED) is 0.823. The molecular weight excluding hydrogens is 243 g/mol. The summed E-state index contributed by atoms with van der Waals surface area (Å²) in [7, 11) is 0. The van der Waals surface area contributed by atoms with Gasteiger partial charge in [0.1, 0.15) is 5.82 Å². The van der Waals surface area contributed by atoms with Gasteiger partial charge in [0.15, 0.2) is 0 Å². The van der Waals surface area contributed by atoms with E-state index in [1.54, 1.807) is 0 Å². The molecule has 0 heterocycles. The zero-order valence-corrected chi connectivity index (χ0v) is 10.3. The number of thioether (sulfide) groups is 1. The van der Waals surface area contributed by atoms with E-state index in [-0.39, 0.29) is 17.4 Å². The highest BCUT2D eigenvalue weighted by molar-refractivity contribution is 7.99. The van der Waals surface area contributed by atoms with Crippen LogP contribution in [-0.2, 0) is 5.75 Å². The molecule has 1 aromatic carbocycles. The Morgan fingerprint density at radius 1 is 1.53 bits per heavy atom. The molecular formula is C12H15FO3S. The molecule has 17 heavy (non-hydrogen) atoms. The maximum atomic E-state index is 13.5. The molecule has 0 saturated heterocycles. The van der Waals surface area contributed by atoms with Crippen molar-refractivity contribution in [3.8, 4) is 0 Å². The van der Waals surface area contributed by atoms with Crippen molar-refractivity contribution in [1.29, 1.82) is 0 Å². The normalized spacial score (nSPS) is 12.4. The monoisotopic (exact) mass is 258 g/mol. The largest absolute Gasteiger partial charge is 0.478 e. The van der Waals surface area contributed by atoms with Crippen LogP contribution in [0.4, 0.5) is 4.39 Å². The fourth-order valence-corrected chi connectivity index (χ4v) is 2.26. The third-order valence-corrected chi connectivity index (χ3v) is 3.64. The summed E-state index contributed by atoms with van der Waals surface area (Å²) in [5.41, 5.74) is 0.449. The molecule has 0 aliphatic carbocycles. The van der Waals surface area contributed by atoms with Crippen molar-refractivity contribution in [2.24, 2.45) is 0 Å². The molecule has 0 fully saturated rings. The van der Waals surface area contributed by atoms with E-state index in [0.717, 1.165) is 6.07 Å². The van der Waals surface area contributed by atoms with Gasteiger partial charge in [-0.1, -0.05) is 13.0 Å². The van der Waals surface area contributed by atoms with E-state index in [4.69, 9.17) is 10.2 Å². The second kappa shape index (κ2) is 6.61. The number of halogens is 1. The molecule has 0 radical (unpaired) electrons. The minimum absolute atomic E-state index is 0.0420. The SMILES string of the molecule is CC(CCO)SCc1ccc(C(=O)O)cc1F. The molecule has 0 aliphatic heterocycles. The first kappa shape index (κ1) is 14.0. The number of aromatic carboxylic acids is 1. The lowest BCUT2D eigenvalue weighted by Gasteiger charge is -2.10. The summed E-state index contributed by atoms with van der Waals surface area (Å²) in [4.78, 5) is 10.6. The lowest BCUT2D eigenvalue weighted by atomic mass is 10.1. The second-order valence-electron chi connectivity index (χ2n) is 3.75. The van der Waals surface area contributed by atoms with Crippen LogP contribution in [0.3, 0.4) is 0 Å². The predicted octanol–water partition coefficient (Wildman–Crippen LogP) is 2.53. The highest BCUT2D eigenvalue weighted by atomic mass is 32.2. The molecule has 1 aromatic rings. The molecule has 0 bridgehead atoms. The molecule has 0 aromatic heterocycles. The number of carboxylic acid groups (broad SMARTS) is 1. The highest BCUT2D eigenvalue weighted by Crippen LogP contribution is 2.22. The van der Waals surface area contributed by atoms with Crippen LogP contribution in [0.5, 0.6) is 0 Å². The molecule has 1 unspecified atom stereocenters. The van der Waals surface area contributed by atoms with Crippen LogP contribution in [-0.4, -0.2) is 28.0 Å². The van der Waals surface area contributed by atoms with Crippen molar-refractivity contribution < 1.29 is 19.4 Å². The molecule has 0 spiro atoms. The fraction of sp³-hybridized carbons (Fsp3) is 0.417. The van der Waals surface area contributed by atoms with Crippen LogP contribution >= 0.6 is 11.8 Å². The standard InChI is InChI=1S/C12H15FO3S/c1-8(4-5-14)17-7-10-3-2-9(12(15)16)6-11(10)13/h2-3,6,8,14H,4-5,7H2,1H3,(H,15,16). The molecule has 1 rings (SSSR count). The Kier molecular flexibility index (Phi) is 5.44. The van der Waals surface area contributed by atoms with E-state index in [9.17, 15) is 9.18 Å². The summed E-state index contributed by atoms with van der Waals surface area (Å²) in [6.07, 6.45) is 0.666. The van der Waals surface area contributed by atoms with Crippen LogP contribution < -0.4 is 0 Å². The van der Waals surface area contributed by atoms with E-state index in [1.807, 2.05) is 6.92 Å². The van der Waals surface area contributed by atoms with E-state index in [0.29, 0.717) is 17.7 Å². The van der Waals surface area contributed by atoms with Gasteiger partial charge in [0, 0.05) is 17.6 Å². The number of aliphatic hydroxyl groups excluding tert-OH is 1. The highest BCUT2D eigenvalue weighted by Gasteiger charge is 2.09. The Bertz CT molecular complexity index is 395. The van der Waals surface area contributed by atoms with Crippen molar-refractivity contribution in [1.82, 2.24) is 0 Å². The summed E-state index contributed by atoms with van der Waals surface area (Å²) >= 11 is 1.54. The van der Waals surface area contributed by atoms with Gasteiger partial charge in [-0.25, -0.2) is 9.18 Å². The third kappa shape index (κ3) is 4.36. The average molecular weight is 258 g/mol. The first-order valence-corrected chi connectivity index (χ1v) is 6.33. The molecule has 3 nitrogen and oxygen atoms in total. The van der Waals surface area contributed by atoms with Crippen molar-refractivity contribution in [3.05, 3.63) is 35.1 Å². The number of carboxylic acids is 1. The lowest BCUT2D eigenvalue weighted by Crippen LogP contribution is -2.02. The van der Waals surface area contributed by atoms with Gasteiger partial charge >= 0.3 is 5.97 Å². The smallest absolute Gasteiger partial charge is 0.335 e. The zero-order chi connectivity index (χ0) is 12.8. The number of rotatable bonds is 6. The van der Waals surface area contributed by atoms with Crippen molar-refractivity contribution in [2.45, 2.75) is 24.3 Å². The van der Waals surface area contributed by atoms with Crippen LogP contribution in [0.2, 0.25) is 0 Å². The molecule has 94 valence electrons. The van der Waals surface area contributed by atoms with Gasteiger partial charge in [0.2, 0.25) is 0 Å². The number of aliphatic hydroxyl groups is 1. The van der Waals surface area contributed by atoms with Crippen LogP contribution in [0, 0.1) is 5.82 Å². The van der Waals surface area contributed by atoms with Crippen LogP contribution in [0.1, 0.15) is 29.3 Å². The van der Waals surface area contributed by atoms with E-state index < -0.39 is 11.8 Å². The maximum absolute atomic E-state index is 13.5. The minimum atomic E-state index is -1.13. The Hall–Kier alpha value is -1.07. The Morgan fingerprint density at radius 2 is 2.24 bits per heavy atom. The Labute approximate surface area is 104 Å². The molecule has 0 amide bonds. The van der Waals surface area contributed by atoms with Crippen molar-refractivity contribution >= 4 is 17.7 Å². The predicted molar refractivity (Wildman–Crippen MR) is 65.8 cm³/mol. The van der Waals surface area contributed by atoms with Crippen molar-refractivity contribution in [3.63, 3.8) is 0 Å². The molecule has 0 saturated carbocycles. The molecule has 5 heteroatoms. The number of benzene rings is 1. The topological polar surface area (TPSA) is 57.5 Å². The Morgan fingerprint density at radius 3 is 2.76 bits per heavy atom. The summed E-state index contributed by atoms with van der Waals surface area (Å²) in [6, 6.07) is 3.93. The fourth-order valence-electron chi connectivity index (χ4n) is 1.29. The second-order valence-corrected chi connectivity index (χ2v) is 5.17. The van der Waals surface area contributed by atoms with Gasteiger partial charge in [-0.15, -0.1) is 0 Å². The van der Waals surface area contributed by atoms with Crippen LogP contribution in [0.25, 0.3) is 0 Å². The van der Waals surface area contributed by atoms with Crippen molar-refractivity contribution in [2.75, 3.05) is 6.61 Å². The lowest BCUT2D eigenvalue weighted by molar-refractivity contribution is 0.0696. The molecule has 0 aliphatic rings. The van der Waals surface area contributed by atoms with Gasteiger partial charge in [-0.3, -0.25) is 0 Å². The van der Waals surface area contributed by atoms with Gasteiger partial charge in [-0.05, 0) is 24.1 Å². The minimum Gasteiger partial charge on any atom is -0.478 e. The van der Waals surface area contributed by atoms with E-state index in [2.05, 4.69) is 0 Å². The third-order valence-electron chi connectivity index (χ3n) is 2.36. The van der Waals surface area contributed by atoms with E-state index in [1.165, 1.54) is 23.9 Å². The van der Waals surface area contributed by atoms with Crippen LogP contribution in [0.15, 0.2) is 18.2 Å². The van der Waals surface area contributed by atoms with E-state index >= 15 is 0 Å². The number of hydrogen-bond donors (Lipinski definition) is 2. The maximum Gasteiger partial charge on any atom is 0.335 e. The summed E-state index contributed by atoms with van der Waals surface area (Å²) < 4.78 is 13.5. The van der Waals surface area contributed by atoms with Gasteiger partial charge in [0.25, 0.3) is 0 Å². The average Bonchev–Trinajstić information content (AvgIpc) is 2.27. The summed E-state index contributed by atoms with van der Waals surface area (Å²) in [5, 5.41) is 17.7. The zero-order valence-electron chi connectivity index (χ0n) is 9.52. The van der Waals surface area contributed by atoms with Gasteiger partial charge in [-0.2, -0.15) is 11.8 Å². The Balaban J connectivity index is 2.63. The molecule has 2 N–H and O–H groups in total.